The standard InChI is InChI=1S/C19H14N4O/c24-18(15-5-2-1-3-6-15)21-16-9-7-14(8-10-16)17-13-23-12-4-11-20-19(23)22-17/h1-13H,(H,21,24). The van der Waals surface area contributed by atoms with E-state index in [1.165, 1.54) is 0 Å². The van der Waals surface area contributed by atoms with Gasteiger partial charge in [-0.25, -0.2) is 9.97 Å². The SMILES string of the molecule is O=C(Nc1ccc(-c2cn3cccnc3n2)cc1)c1ccccc1. The van der Waals surface area contributed by atoms with Crippen LogP contribution in [0.5, 0.6) is 0 Å². The quantitative estimate of drug-likeness (QED) is 0.628. The highest BCUT2D eigenvalue weighted by atomic mass is 16.1. The van der Waals surface area contributed by atoms with Gasteiger partial charge in [-0.15, -0.1) is 0 Å². The minimum Gasteiger partial charge on any atom is -0.322 e. The molecule has 0 saturated carbocycles. The minimum absolute atomic E-state index is 0.125. The summed E-state index contributed by atoms with van der Waals surface area (Å²) >= 11 is 0. The molecule has 24 heavy (non-hydrogen) atoms. The monoisotopic (exact) mass is 314 g/mol. The highest BCUT2D eigenvalue weighted by Gasteiger charge is 2.07. The summed E-state index contributed by atoms with van der Waals surface area (Å²) in [5.74, 6) is 0.536. The van der Waals surface area contributed by atoms with Crippen LogP contribution in [0, 0.1) is 0 Å². The number of rotatable bonds is 3. The van der Waals surface area contributed by atoms with Gasteiger partial charge in [0.25, 0.3) is 5.91 Å². The van der Waals surface area contributed by atoms with Gasteiger partial charge < -0.3 is 5.32 Å². The summed E-state index contributed by atoms with van der Waals surface area (Å²) in [5.41, 5.74) is 3.19. The van der Waals surface area contributed by atoms with Crippen molar-refractivity contribution in [1.29, 1.82) is 0 Å². The lowest BCUT2D eigenvalue weighted by atomic mass is 10.1. The van der Waals surface area contributed by atoms with Crippen molar-refractivity contribution in [2.45, 2.75) is 0 Å². The predicted octanol–water partition coefficient (Wildman–Crippen LogP) is 3.65. The van der Waals surface area contributed by atoms with E-state index >= 15 is 0 Å². The first kappa shape index (κ1) is 14.1. The molecule has 0 aliphatic carbocycles. The zero-order valence-electron chi connectivity index (χ0n) is 12.8. The number of carbonyl (C=O) groups excluding carboxylic acids is 1. The Labute approximate surface area is 138 Å². The molecule has 0 spiro atoms. The molecule has 5 heteroatoms. The summed E-state index contributed by atoms with van der Waals surface area (Å²) in [6.45, 7) is 0. The van der Waals surface area contributed by atoms with Crippen molar-refractivity contribution < 1.29 is 4.79 Å². The highest BCUT2D eigenvalue weighted by Crippen LogP contribution is 2.21. The Bertz CT molecular complexity index is 958. The molecule has 2 aromatic heterocycles. The number of imidazole rings is 1. The zero-order chi connectivity index (χ0) is 16.4. The van der Waals surface area contributed by atoms with Crippen LogP contribution >= 0.6 is 0 Å². The lowest BCUT2D eigenvalue weighted by molar-refractivity contribution is 0.102. The van der Waals surface area contributed by atoms with E-state index in [1.54, 1.807) is 18.3 Å². The molecular formula is C19H14N4O. The number of benzene rings is 2. The van der Waals surface area contributed by atoms with Crippen LogP contribution in [0.3, 0.4) is 0 Å². The summed E-state index contributed by atoms with van der Waals surface area (Å²) in [6, 6.07) is 18.6. The van der Waals surface area contributed by atoms with Gasteiger partial charge in [0.1, 0.15) is 0 Å². The van der Waals surface area contributed by atoms with Gasteiger partial charge in [-0.2, -0.15) is 0 Å². The Morgan fingerprint density at radius 1 is 0.958 bits per heavy atom. The van der Waals surface area contributed by atoms with Crippen molar-refractivity contribution in [3.63, 3.8) is 0 Å². The van der Waals surface area contributed by atoms with Crippen LogP contribution in [0.2, 0.25) is 0 Å². The maximum atomic E-state index is 12.2. The number of hydrogen-bond donors (Lipinski definition) is 1. The lowest BCUT2D eigenvalue weighted by Gasteiger charge is -2.05. The van der Waals surface area contributed by atoms with Crippen LogP contribution in [0.4, 0.5) is 5.69 Å². The van der Waals surface area contributed by atoms with Crippen molar-refractivity contribution in [3.05, 3.63) is 84.8 Å². The van der Waals surface area contributed by atoms with Gasteiger partial charge in [0.2, 0.25) is 5.78 Å². The fourth-order valence-electron chi connectivity index (χ4n) is 2.49. The van der Waals surface area contributed by atoms with E-state index in [0.717, 1.165) is 16.9 Å². The molecule has 2 heterocycles. The Kier molecular flexibility index (Phi) is 3.51. The molecule has 116 valence electrons. The molecule has 4 aromatic rings. The molecule has 1 N–H and O–H groups in total. The molecule has 0 aliphatic rings. The van der Waals surface area contributed by atoms with Gasteiger partial charge in [-0.1, -0.05) is 30.3 Å². The van der Waals surface area contributed by atoms with Crippen LogP contribution in [0.15, 0.2) is 79.3 Å². The molecule has 0 atom stereocenters. The molecular weight excluding hydrogens is 300 g/mol. The first-order chi connectivity index (χ1) is 11.8. The Morgan fingerprint density at radius 2 is 1.75 bits per heavy atom. The van der Waals surface area contributed by atoms with Crippen molar-refractivity contribution in [2.24, 2.45) is 0 Å². The fourth-order valence-corrected chi connectivity index (χ4v) is 2.49. The summed E-state index contributed by atoms with van der Waals surface area (Å²) < 4.78 is 1.88. The summed E-state index contributed by atoms with van der Waals surface area (Å²) in [4.78, 5) is 20.8. The van der Waals surface area contributed by atoms with E-state index < -0.39 is 0 Å². The number of nitrogens with zero attached hydrogens (tertiary/aromatic N) is 3. The Morgan fingerprint density at radius 3 is 2.50 bits per heavy atom. The van der Waals surface area contributed by atoms with Gasteiger partial charge in [0.15, 0.2) is 0 Å². The average molecular weight is 314 g/mol. The second kappa shape index (κ2) is 5.96. The molecule has 0 saturated heterocycles. The van der Waals surface area contributed by atoms with Gasteiger partial charge in [0, 0.05) is 35.4 Å². The number of carbonyl (C=O) groups is 1. The number of nitrogens with one attached hydrogen (secondary N) is 1. The number of fused-ring (bicyclic) bond motifs is 1. The van der Waals surface area contributed by atoms with E-state index in [1.807, 2.05) is 65.3 Å². The van der Waals surface area contributed by atoms with Gasteiger partial charge in [-0.05, 0) is 30.3 Å². The van der Waals surface area contributed by atoms with Crippen LogP contribution < -0.4 is 5.32 Å². The lowest BCUT2D eigenvalue weighted by Crippen LogP contribution is -2.11. The first-order valence-corrected chi connectivity index (χ1v) is 7.56. The normalized spacial score (nSPS) is 10.7. The van der Waals surface area contributed by atoms with Gasteiger partial charge in [0.05, 0.1) is 5.69 Å². The van der Waals surface area contributed by atoms with E-state index in [4.69, 9.17) is 0 Å². The molecule has 0 fully saturated rings. The molecule has 5 nitrogen and oxygen atoms in total. The van der Waals surface area contributed by atoms with Crippen LogP contribution in [0.1, 0.15) is 10.4 Å². The molecule has 0 aliphatic heterocycles. The predicted molar refractivity (Wildman–Crippen MR) is 92.8 cm³/mol. The van der Waals surface area contributed by atoms with E-state index in [9.17, 15) is 4.79 Å². The maximum Gasteiger partial charge on any atom is 0.255 e. The van der Waals surface area contributed by atoms with Crippen molar-refractivity contribution in [2.75, 3.05) is 5.32 Å². The second-order valence-corrected chi connectivity index (χ2v) is 5.35. The zero-order valence-corrected chi connectivity index (χ0v) is 12.8. The van der Waals surface area contributed by atoms with Crippen molar-refractivity contribution in [1.82, 2.24) is 14.4 Å². The third-order valence-electron chi connectivity index (χ3n) is 3.71. The van der Waals surface area contributed by atoms with Gasteiger partial charge >= 0.3 is 0 Å². The largest absolute Gasteiger partial charge is 0.322 e. The van der Waals surface area contributed by atoms with Crippen LogP contribution in [-0.2, 0) is 0 Å². The second-order valence-electron chi connectivity index (χ2n) is 5.35. The summed E-state index contributed by atoms with van der Waals surface area (Å²) in [7, 11) is 0. The molecule has 0 bridgehead atoms. The molecule has 4 rings (SSSR count). The third-order valence-corrected chi connectivity index (χ3v) is 3.71. The van der Waals surface area contributed by atoms with E-state index in [-0.39, 0.29) is 5.91 Å². The van der Waals surface area contributed by atoms with Crippen LogP contribution in [-0.4, -0.2) is 20.3 Å². The van der Waals surface area contributed by atoms with E-state index in [0.29, 0.717) is 11.3 Å². The van der Waals surface area contributed by atoms with E-state index in [2.05, 4.69) is 15.3 Å². The molecule has 1 amide bonds. The topological polar surface area (TPSA) is 59.3 Å². The number of anilines is 1. The maximum absolute atomic E-state index is 12.2. The molecule has 2 aromatic carbocycles. The Balaban J connectivity index is 1.55. The number of aromatic nitrogens is 3. The Hall–Kier alpha value is -3.47. The third kappa shape index (κ3) is 2.75. The van der Waals surface area contributed by atoms with Crippen molar-refractivity contribution in [3.8, 4) is 11.3 Å². The molecule has 0 radical (unpaired) electrons. The van der Waals surface area contributed by atoms with Crippen molar-refractivity contribution >= 4 is 17.4 Å². The number of amides is 1. The first-order valence-electron chi connectivity index (χ1n) is 7.56. The number of hydrogen-bond acceptors (Lipinski definition) is 3. The average Bonchev–Trinajstić information content (AvgIpc) is 3.07. The fraction of sp³-hybridized carbons (Fsp3) is 0. The summed E-state index contributed by atoms with van der Waals surface area (Å²) in [5, 5.41) is 2.89. The highest BCUT2D eigenvalue weighted by molar-refractivity contribution is 6.04. The smallest absolute Gasteiger partial charge is 0.255 e. The minimum atomic E-state index is -0.125. The van der Waals surface area contributed by atoms with Gasteiger partial charge in [-0.3, -0.25) is 9.20 Å². The molecule has 0 unspecified atom stereocenters. The van der Waals surface area contributed by atoms with Crippen LogP contribution in [0.25, 0.3) is 17.0 Å². The summed E-state index contributed by atoms with van der Waals surface area (Å²) in [6.07, 6.45) is 5.56.